The lowest BCUT2D eigenvalue weighted by molar-refractivity contribution is -0.136. The van der Waals surface area contributed by atoms with Crippen molar-refractivity contribution in [1.29, 1.82) is 0 Å². The van der Waals surface area contributed by atoms with Crippen LogP contribution in [0.15, 0.2) is 42.5 Å². The van der Waals surface area contributed by atoms with Crippen LogP contribution in [0.5, 0.6) is 11.5 Å². The summed E-state index contributed by atoms with van der Waals surface area (Å²) in [5.41, 5.74) is 2.09. The Morgan fingerprint density at radius 3 is 2.45 bits per heavy atom. The minimum Gasteiger partial charge on any atom is -0.497 e. The summed E-state index contributed by atoms with van der Waals surface area (Å²) in [7, 11) is 3.35. The summed E-state index contributed by atoms with van der Waals surface area (Å²) >= 11 is 1.67. The highest BCUT2D eigenvalue weighted by atomic mass is 32.1. The third kappa shape index (κ3) is 3.87. The highest BCUT2D eigenvalue weighted by molar-refractivity contribution is 7.22. The summed E-state index contributed by atoms with van der Waals surface area (Å²) in [6.45, 7) is 4.68. The van der Waals surface area contributed by atoms with E-state index in [1.54, 1.807) is 25.6 Å². The summed E-state index contributed by atoms with van der Waals surface area (Å²) in [6.07, 6.45) is 0. The Kier molecular flexibility index (Phi) is 5.31. The van der Waals surface area contributed by atoms with Gasteiger partial charge in [0, 0.05) is 57.1 Å². The maximum Gasteiger partial charge on any atom is 0.229 e. The number of nitrogens with zero attached hydrogens (tertiary/aromatic N) is 4. The fourth-order valence-electron chi connectivity index (χ4n) is 4.20. The van der Waals surface area contributed by atoms with Crippen LogP contribution in [0.25, 0.3) is 10.2 Å². The molecule has 1 amide bonds. The smallest absolute Gasteiger partial charge is 0.229 e. The number of carbonyl (C=O) groups excluding carboxylic acids is 1. The lowest BCUT2D eigenvalue weighted by atomic mass is 9.99. The molecule has 2 fully saturated rings. The number of hydrogen-bond donors (Lipinski definition) is 0. The number of hydrogen-bond acceptors (Lipinski definition) is 7. The van der Waals surface area contributed by atoms with Gasteiger partial charge in [0.05, 0.1) is 30.4 Å². The van der Waals surface area contributed by atoms with Crippen molar-refractivity contribution in [2.24, 2.45) is 5.92 Å². The Bertz CT molecular complexity index is 1090. The SMILES string of the molecule is COc1cccc(N2CCN(C(=O)C3CN(c4nc5cc(OC)ccc5s4)C3)CC2)c1. The van der Waals surface area contributed by atoms with Crippen LogP contribution in [0.4, 0.5) is 10.8 Å². The molecule has 1 aromatic heterocycles. The maximum absolute atomic E-state index is 13.0. The van der Waals surface area contributed by atoms with Gasteiger partial charge in [0.2, 0.25) is 5.91 Å². The highest BCUT2D eigenvalue weighted by Crippen LogP contribution is 2.35. The van der Waals surface area contributed by atoms with E-state index >= 15 is 0 Å². The molecular weight excluding hydrogens is 412 g/mol. The number of ether oxygens (including phenoxy) is 2. The standard InChI is InChI=1S/C23H26N4O3S/c1-29-18-5-3-4-17(12-18)25-8-10-26(11-9-25)22(28)16-14-27(15-16)23-24-20-13-19(30-2)6-7-21(20)31-23/h3-7,12-13,16H,8-11,14-15H2,1-2H3. The third-order valence-corrected chi connectivity index (χ3v) is 7.19. The molecule has 3 heterocycles. The maximum atomic E-state index is 13.0. The number of piperazine rings is 1. The molecule has 0 atom stereocenters. The summed E-state index contributed by atoms with van der Waals surface area (Å²) in [4.78, 5) is 24.2. The van der Waals surface area contributed by atoms with Crippen molar-refractivity contribution >= 4 is 38.3 Å². The van der Waals surface area contributed by atoms with Crippen LogP contribution < -0.4 is 19.3 Å². The van der Waals surface area contributed by atoms with E-state index in [1.165, 1.54) is 0 Å². The molecule has 2 aromatic carbocycles. The van der Waals surface area contributed by atoms with Gasteiger partial charge >= 0.3 is 0 Å². The molecule has 7 nitrogen and oxygen atoms in total. The number of rotatable bonds is 5. The molecule has 5 rings (SSSR count). The lowest BCUT2D eigenvalue weighted by Gasteiger charge is -2.43. The van der Waals surface area contributed by atoms with Crippen LogP contribution in [-0.2, 0) is 4.79 Å². The molecule has 0 radical (unpaired) electrons. The molecule has 0 N–H and O–H groups in total. The monoisotopic (exact) mass is 438 g/mol. The Balaban J connectivity index is 1.16. The quantitative estimate of drug-likeness (QED) is 0.610. The first-order valence-corrected chi connectivity index (χ1v) is 11.3. The van der Waals surface area contributed by atoms with E-state index in [-0.39, 0.29) is 11.8 Å². The summed E-state index contributed by atoms with van der Waals surface area (Å²) in [5.74, 6) is 2.00. The molecule has 31 heavy (non-hydrogen) atoms. The minimum absolute atomic E-state index is 0.0601. The highest BCUT2D eigenvalue weighted by Gasteiger charge is 2.37. The minimum atomic E-state index is 0.0601. The molecule has 2 saturated heterocycles. The zero-order chi connectivity index (χ0) is 21.4. The molecule has 8 heteroatoms. The van der Waals surface area contributed by atoms with Gasteiger partial charge in [-0.2, -0.15) is 0 Å². The van der Waals surface area contributed by atoms with E-state index in [4.69, 9.17) is 14.5 Å². The predicted octanol–water partition coefficient (Wildman–Crippen LogP) is 3.10. The number of aromatic nitrogens is 1. The van der Waals surface area contributed by atoms with Crippen LogP contribution in [0.1, 0.15) is 0 Å². The first-order chi connectivity index (χ1) is 15.1. The van der Waals surface area contributed by atoms with Gasteiger partial charge in [0.1, 0.15) is 11.5 Å². The number of benzene rings is 2. The Hall–Kier alpha value is -3.00. The van der Waals surface area contributed by atoms with Crippen molar-refractivity contribution in [3.63, 3.8) is 0 Å². The molecule has 0 unspecified atom stereocenters. The number of carbonyl (C=O) groups is 1. The summed E-state index contributed by atoms with van der Waals surface area (Å²) in [6, 6.07) is 14.1. The van der Waals surface area contributed by atoms with Gasteiger partial charge in [-0.3, -0.25) is 4.79 Å². The van der Waals surface area contributed by atoms with Gasteiger partial charge in [-0.05, 0) is 24.3 Å². The zero-order valence-electron chi connectivity index (χ0n) is 17.8. The summed E-state index contributed by atoms with van der Waals surface area (Å²) < 4.78 is 11.8. The molecule has 0 aliphatic carbocycles. The second kappa shape index (κ2) is 8.26. The van der Waals surface area contributed by atoms with Crippen molar-refractivity contribution in [3.8, 4) is 11.5 Å². The van der Waals surface area contributed by atoms with E-state index in [0.717, 1.165) is 71.8 Å². The fourth-order valence-corrected chi connectivity index (χ4v) is 5.16. The van der Waals surface area contributed by atoms with Crippen LogP contribution in [0.3, 0.4) is 0 Å². The first kappa shape index (κ1) is 19.9. The van der Waals surface area contributed by atoms with E-state index in [2.05, 4.69) is 21.9 Å². The molecule has 2 aliphatic heterocycles. The van der Waals surface area contributed by atoms with Crippen LogP contribution >= 0.6 is 11.3 Å². The number of anilines is 2. The number of methoxy groups -OCH3 is 2. The van der Waals surface area contributed by atoms with Gasteiger partial charge in [0.15, 0.2) is 5.13 Å². The van der Waals surface area contributed by atoms with Gasteiger partial charge < -0.3 is 24.2 Å². The van der Waals surface area contributed by atoms with Gasteiger partial charge in [-0.15, -0.1) is 0 Å². The third-order valence-electron chi connectivity index (χ3n) is 6.09. The van der Waals surface area contributed by atoms with Crippen molar-refractivity contribution in [2.45, 2.75) is 0 Å². The van der Waals surface area contributed by atoms with Crippen molar-refractivity contribution in [1.82, 2.24) is 9.88 Å². The van der Waals surface area contributed by atoms with E-state index in [1.807, 2.05) is 35.2 Å². The first-order valence-electron chi connectivity index (χ1n) is 10.5. The zero-order valence-corrected chi connectivity index (χ0v) is 18.6. The van der Waals surface area contributed by atoms with E-state index in [9.17, 15) is 4.79 Å². The largest absolute Gasteiger partial charge is 0.497 e. The fraction of sp³-hybridized carbons (Fsp3) is 0.391. The second-order valence-corrected chi connectivity index (χ2v) is 8.95. The number of thiazole rings is 1. The summed E-state index contributed by atoms with van der Waals surface area (Å²) in [5, 5.41) is 0.982. The molecule has 0 saturated carbocycles. The van der Waals surface area contributed by atoms with Gasteiger partial charge in [-0.25, -0.2) is 4.98 Å². The average molecular weight is 439 g/mol. The molecular formula is C23H26N4O3S. The topological polar surface area (TPSA) is 58.1 Å². The lowest BCUT2D eigenvalue weighted by Crippen LogP contribution is -2.58. The van der Waals surface area contributed by atoms with Crippen molar-refractivity contribution in [2.75, 3.05) is 63.3 Å². The molecule has 162 valence electrons. The van der Waals surface area contributed by atoms with Gasteiger partial charge in [0.25, 0.3) is 0 Å². The molecule has 3 aromatic rings. The Morgan fingerprint density at radius 2 is 1.71 bits per heavy atom. The predicted molar refractivity (Wildman–Crippen MR) is 124 cm³/mol. The van der Waals surface area contributed by atoms with E-state index < -0.39 is 0 Å². The van der Waals surface area contributed by atoms with Crippen LogP contribution in [-0.4, -0.2) is 69.3 Å². The van der Waals surface area contributed by atoms with E-state index in [0.29, 0.717) is 0 Å². The van der Waals surface area contributed by atoms with Gasteiger partial charge in [-0.1, -0.05) is 17.4 Å². The molecule has 2 aliphatic rings. The second-order valence-electron chi connectivity index (χ2n) is 7.95. The molecule has 0 bridgehead atoms. The average Bonchev–Trinajstić information content (AvgIpc) is 3.20. The number of fused-ring (bicyclic) bond motifs is 1. The van der Waals surface area contributed by atoms with Crippen molar-refractivity contribution < 1.29 is 14.3 Å². The Labute approximate surface area is 185 Å². The van der Waals surface area contributed by atoms with Crippen molar-refractivity contribution in [3.05, 3.63) is 42.5 Å². The van der Waals surface area contributed by atoms with Crippen LogP contribution in [0.2, 0.25) is 0 Å². The van der Waals surface area contributed by atoms with Crippen LogP contribution in [0, 0.1) is 5.92 Å². The normalized spacial score (nSPS) is 17.0. The number of amides is 1. The molecule has 0 spiro atoms. The Morgan fingerprint density at radius 1 is 0.968 bits per heavy atom.